The molecule has 0 atom stereocenters. The summed E-state index contributed by atoms with van der Waals surface area (Å²) in [6.45, 7) is 1.05. The number of aliphatic carboxylic acids is 1. The van der Waals surface area contributed by atoms with E-state index >= 15 is 0 Å². The second kappa shape index (κ2) is 11.7. The number of halogens is 1. The lowest BCUT2D eigenvalue weighted by atomic mass is 10.2. The highest BCUT2D eigenvalue weighted by Gasteiger charge is 2.29. The van der Waals surface area contributed by atoms with Crippen LogP contribution in [-0.2, 0) is 28.2 Å². The lowest BCUT2D eigenvalue weighted by Crippen LogP contribution is -2.44. The molecule has 0 aliphatic heterocycles. The predicted molar refractivity (Wildman–Crippen MR) is 144 cm³/mol. The van der Waals surface area contributed by atoms with Gasteiger partial charge in [0, 0.05) is 24.2 Å². The maximum absolute atomic E-state index is 13.3. The van der Waals surface area contributed by atoms with E-state index < -0.39 is 22.7 Å². The Bertz CT molecular complexity index is 1510. The molecule has 0 unspecified atom stereocenters. The van der Waals surface area contributed by atoms with Crippen LogP contribution in [0, 0.1) is 6.92 Å². The number of carboxylic acid groups (broad SMARTS) is 1. The number of hydrogen-bond donors (Lipinski definition) is 1. The van der Waals surface area contributed by atoms with Gasteiger partial charge in [0.15, 0.2) is 0 Å². The monoisotopic (exact) mass is 555 g/mol. The van der Waals surface area contributed by atoms with Gasteiger partial charge in [0.1, 0.15) is 30.4 Å². The summed E-state index contributed by atoms with van der Waals surface area (Å²) < 4.78 is 40.2. The SMILES string of the molecule is Cc1oc(-c2ccccc2)nc1COc1cccc(CN(CC(=O)O)S(=O)(=O)N(C)c2ccc(Cl)cc2)c1. The lowest BCUT2D eigenvalue weighted by Gasteiger charge is -2.28. The fourth-order valence-electron chi connectivity index (χ4n) is 3.68. The van der Waals surface area contributed by atoms with Crippen LogP contribution < -0.4 is 9.04 Å². The Kier molecular flexibility index (Phi) is 8.35. The number of aromatic nitrogens is 1. The van der Waals surface area contributed by atoms with Crippen molar-refractivity contribution in [2.75, 3.05) is 17.9 Å². The minimum absolute atomic E-state index is 0.141. The molecule has 4 aromatic rings. The van der Waals surface area contributed by atoms with Crippen LogP contribution in [0.3, 0.4) is 0 Å². The number of aryl methyl sites for hydroxylation is 1. The molecule has 1 aromatic heterocycles. The zero-order chi connectivity index (χ0) is 27.3. The van der Waals surface area contributed by atoms with Gasteiger partial charge in [-0.2, -0.15) is 12.7 Å². The van der Waals surface area contributed by atoms with Crippen molar-refractivity contribution in [3.63, 3.8) is 0 Å². The first-order valence-corrected chi connectivity index (χ1v) is 13.4. The normalized spacial score (nSPS) is 11.5. The number of carbonyl (C=O) groups is 1. The molecule has 0 amide bonds. The number of hydrogen-bond acceptors (Lipinski definition) is 6. The van der Waals surface area contributed by atoms with Gasteiger partial charge < -0.3 is 14.3 Å². The van der Waals surface area contributed by atoms with E-state index in [1.165, 1.54) is 7.05 Å². The summed E-state index contributed by atoms with van der Waals surface area (Å²) in [6.07, 6.45) is 0. The molecule has 1 N–H and O–H groups in total. The zero-order valence-corrected chi connectivity index (χ0v) is 22.3. The van der Waals surface area contributed by atoms with Crippen LogP contribution in [0.25, 0.3) is 11.5 Å². The second-order valence-corrected chi connectivity index (χ2v) is 10.8. The van der Waals surface area contributed by atoms with Gasteiger partial charge in [0.2, 0.25) is 5.89 Å². The van der Waals surface area contributed by atoms with Crippen molar-refractivity contribution in [2.24, 2.45) is 0 Å². The van der Waals surface area contributed by atoms with E-state index in [9.17, 15) is 18.3 Å². The summed E-state index contributed by atoms with van der Waals surface area (Å²) in [5.74, 6) is 0.324. The Morgan fingerprint density at radius 1 is 1.05 bits per heavy atom. The number of carboxylic acids is 1. The van der Waals surface area contributed by atoms with Crippen LogP contribution in [-0.4, -0.2) is 42.4 Å². The first-order chi connectivity index (χ1) is 18.1. The molecule has 11 heteroatoms. The molecular weight excluding hydrogens is 530 g/mol. The third-order valence-electron chi connectivity index (χ3n) is 5.72. The molecule has 0 aliphatic rings. The lowest BCUT2D eigenvalue weighted by molar-refractivity contribution is -0.137. The number of anilines is 1. The number of rotatable bonds is 11. The molecule has 0 spiro atoms. The van der Waals surface area contributed by atoms with Crippen LogP contribution in [0.1, 0.15) is 17.0 Å². The zero-order valence-electron chi connectivity index (χ0n) is 20.7. The third kappa shape index (κ3) is 6.52. The van der Waals surface area contributed by atoms with Gasteiger partial charge in [-0.1, -0.05) is 41.9 Å². The van der Waals surface area contributed by atoms with Gasteiger partial charge in [-0.05, 0) is 61.0 Å². The van der Waals surface area contributed by atoms with Crippen molar-refractivity contribution < 1.29 is 27.5 Å². The summed E-state index contributed by atoms with van der Waals surface area (Å²) in [6, 6.07) is 22.5. The molecule has 0 bridgehead atoms. The molecule has 198 valence electrons. The Morgan fingerprint density at radius 2 is 1.76 bits per heavy atom. The molecule has 0 radical (unpaired) electrons. The second-order valence-electron chi connectivity index (χ2n) is 8.44. The molecule has 1 heterocycles. The summed E-state index contributed by atoms with van der Waals surface area (Å²) in [5.41, 5.74) is 2.39. The van der Waals surface area contributed by atoms with Crippen molar-refractivity contribution in [2.45, 2.75) is 20.1 Å². The van der Waals surface area contributed by atoms with Gasteiger partial charge in [0.05, 0.1) is 5.69 Å². The Morgan fingerprint density at radius 3 is 2.45 bits per heavy atom. The topological polar surface area (TPSA) is 113 Å². The van der Waals surface area contributed by atoms with Crippen LogP contribution in [0.5, 0.6) is 5.75 Å². The third-order valence-corrected chi connectivity index (χ3v) is 7.79. The van der Waals surface area contributed by atoms with Crippen molar-refractivity contribution >= 4 is 33.5 Å². The van der Waals surface area contributed by atoms with Crippen LogP contribution in [0.2, 0.25) is 5.02 Å². The van der Waals surface area contributed by atoms with Crippen LogP contribution in [0.4, 0.5) is 5.69 Å². The molecule has 0 saturated heterocycles. The number of ether oxygens (including phenoxy) is 1. The highest BCUT2D eigenvalue weighted by atomic mass is 35.5. The van der Waals surface area contributed by atoms with Crippen molar-refractivity contribution in [3.8, 4) is 17.2 Å². The number of benzene rings is 3. The minimum atomic E-state index is -4.18. The Balaban J connectivity index is 1.49. The van der Waals surface area contributed by atoms with E-state index in [2.05, 4.69) is 4.98 Å². The summed E-state index contributed by atoms with van der Waals surface area (Å²) in [5, 5.41) is 9.86. The summed E-state index contributed by atoms with van der Waals surface area (Å²) in [7, 11) is -2.82. The van der Waals surface area contributed by atoms with Gasteiger partial charge >= 0.3 is 16.2 Å². The first-order valence-electron chi connectivity index (χ1n) is 11.6. The fraction of sp³-hybridized carbons (Fsp3) is 0.185. The molecule has 3 aromatic carbocycles. The number of oxazole rings is 1. The highest BCUT2D eigenvalue weighted by molar-refractivity contribution is 7.90. The molecule has 0 saturated carbocycles. The smallest absolute Gasteiger partial charge is 0.318 e. The average molecular weight is 556 g/mol. The maximum atomic E-state index is 13.3. The Hall–Kier alpha value is -3.86. The quantitative estimate of drug-likeness (QED) is 0.272. The minimum Gasteiger partial charge on any atom is -0.487 e. The van der Waals surface area contributed by atoms with E-state index in [0.717, 1.165) is 14.2 Å². The van der Waals surface area contributed by atoms with E-state index in [-0.39, 0.29) is 13.2 Å². The van der Waals surface area contributed by atoms with Gasteiger partial charge in [-0.25, -0.2) is 4.98 Å². The molecule has 0 fully saturated rings. The predicted octanol–water partition coefficient (Wildman–Crippen LogP) is 5.15. The standard InChI is InChI=1S/C27H26ClN3O6S/c1-19-25(29-27(37-19)21-8-4-3-5-9-21)18-36-24-10-6-7-20(15-24)16-31(17-26(32)33)38(34,35)30(2)23-13-11-22(28)12-14-23/h3-15H,16-18H2,1-2H3,(H,32,33). The first kappa shape index (κ1) is 27.2. The van der Waals surface area contributed by atoms with E-state index in [1.54, 1.807) is 55.5 Å². The summed E-state index contributed by atoms with van der Waals surface area (Å²) >= 11 is 5.91. The molecular formula is C27H26ClN3O6S. The molecule has 4 rings (SSSR count). The van der Waals surface area contributed by atoms with E-state index in [1.807, 2.05) is 30.3 Å². The van der Waals surface area contributed by atoms with Gasteiger partial charge in [0.25, 0.3) is 0 Å². The number of nitrogens with zero attached hydrogens (tertiary/aromatic N) is 3. The largest absolute Gasteiger partial charge is 0.487 e. The van der Waals surface area contributed by atoms with Gasteiger partial charge in [-0.15, -0.1) is 0 Å². The fourth-order valence-corrected chi connectivity index (χ4v) is 5.13. The Labute approximate surface area is 226 Å². The van der Waals surface area contributed by atoms with Crippen molar-refractivity contribution in [3.05, 3.63) is 101 Å². The van der Waals surface area contributed by atoms with Crippen LogP contribution >= 0.6 is 11.6 Å². The molecule has 0 aliphatic carbocycles. The molecule has 9 nitrogen and oxygen atoms in total. The maximum Gasteiger partial charge on any atom is 0.318 e. The van der Waals surface area contributed by atoms with Gasteiger partial charge in [-0.3, -0.25) is 9.10 Å². The summed E-state index contributed by atoms with van der Waals surface area (Å²) in [4.78, 5) is 16.1. The van der Waals surface area contributed by atoms with Crippen LogP contribution in [0.15, 0.2) is 83.3 Å². The van der Waals surface area contributed by atoms with Crippen molar-refractivity contribution in [1.29, 1.82) is 0 Å². The molecule has 38 heavy (non-hydrogen) atoms. The van der Waals surface area contributed by atoms with E-state index in [4.69, 9.17) is 20.8 Å². The average Bonchev–Trinajstić information content (AvgIpc) is 3.28. The van der Waals surface area contributed by atoms with Crippen molar-refractivity contribution in [1.82, 2.24) is 9.29 Å². The van der Waals surface area contributed by atoms with E-state index in [0.29, 0.717) is 39.4 Å². The highest BCUT2D eigenvalue weighted by Crippen LogP contribution is 2.25.